The zero-order valence-corrected chi connectivity index (χ0v) is 24.0. The molecule has 2 aliphatic heterocycles. The topological polar surface area (TPSA) is 51.3 Å². The van der Waals surface area contributed by atoms with E-state index in [4.69, 9.17) is 4.74 Å². The number of Topliss-reactive ketones (excluding diaryl/α,β-unsaturated/α-hetero) is 2. The van der Waals surface area contributed by atoms with E-state index in [1.165, 1.54) is 16.3 Å². The molecule has 0 amide bonds. The number of carbonyl (C=O) groups is 2. The van der Waals surface area contributed by atoms with Crippen LogP contribution in [-0.4, -0.2) is 40.4 Å². The van der Waals surface area contributed by atoms with Crippen LogP contribution >= 0.6 is 11.3 Å². The van der Waals surface area contributed by atoms with Gasteiger partial charge in [0.05, 0.1) is 4.88 Å². The monoisotopic (exact) mass is 550 g/mol. The highest BCUT2D eigenvalue weighted by atomic mass is 32.1. The first-order chi connectivity index (χ1) is 19.5. The number of fused-ring (bicyclic) bond motifs is 2. The van der Waals surface area contributed by atoms with Gasteiger partial charge >= 0.3 is 7.55 Å². The van der Waals surface area contributed by atoms with E-state index in [-0.39, 0.29) is 18.3 Å². The Morgan fingerprint density at radius 2 is 1.77 bits per heavy atom. The number of hydrogen-bond donors (Lipinski definition) is 0. The van der Waals surface area contributed by atoms with Crippen molar-refractivity contribution in [2.24, 2.45) is 5.92 Å². The summed E-state index contributed by atoms with van der Waals surface area (Å²) in [6.45, 7) is 3.98. The summed E-state index contributed by atoms with van der Waals surface area (Å²) in [6, 6.07) is 16.3. The van der Waals surface area contributed by atoms with E-state index in [2.05, 4.69) is 76.5 Å². The van der Waals surface area contributed by atoms with Crippen LogP contribution in [-0.2, 0) is 9.59 Å². The Morgan fingerprint density at radius 1 is 0.975 bits per heavy atom. The molecule has 5 nitrogen and oxygen atoms in total. The predicted octanol–water partition coefficient (Wildman–Crippen LogP) is 7.04. The molecule has 2 aromatic heterocycles. The molecule has 0 aliphatic carbocycles. The first-order valence-corrected chi connectivity index (χ1v) is 15.0. The maximum atomic E-state index is 12.2. The molecule has 5 rings (SSSR count). The molecule has 203 valence electrons. The van der Waals surface area contributed by atoms with Gasteiger partial charge < -0.3 is 9.21 Å². The summed E-state index contributed by atoms with van der Waals surface area (Å²) in [5.74, 6) is 1.25. The fraction of sp³-hybridized carbons (Fsp3) is 0.303. The molecule has 2 aliphatic rings. The highest BCUT2D eigenvalue weighted by Gasteiger charge is 2.33. The lowest BCUT2D eigenvalue weighted by Crippen LogP contribution is -2.30. The van der Waals surface area contributed by atoms with Crippen LogP contribution in [0.2, 0.25) is 0 Å². The van der Waals surface area contributed by atoms with Crippen molar-refractivity contribution in [3.63, 3.8) is 0 Å². The lowest BCUT2D eigenvalue weighted by atomic mass is 10.0. The zero-order valence-electron chi connectivity index (χ0n) is 23.2. The zero-order chi connectivity index (χ0) is 27.9. The number of benzene rings is 1. The lowest BCUT2D eigenvalue weighted by molar-refractivity contribution is -0.311. The molecule has 0 N–H and O–H groups in total. The molecule has 1 radical (unpaired) electrons. The minimum absolute atomic E-state index is 0.0957. The first kappa shape index (κ1) is 27.8. The van der Waals surface area contributed by atoms with E-state index < -0.39 is 0 Å². The van der Waals surface area contributed by atoms with E-state index in [0.29, 0.717) is 24.4 Å². The van der Waals surface area contributed by atoms with Gasteiger partial charge in [-0.2, -0.15) is 0 Å². The number of hydrogen-bond acceptors (Lipinski definition) is 4. The van der Waals surface area contributed by atoms with Crippen molar-refractivity contribution in [1.82, 2.24) is 4.48 Å². The second-order valence-electron chi connectivity index (χ2n) is 10.6. The van der Waals surface area contributed by atoms with E-state index in [9.17, 15) is 9.59 Å². The molecule has 0 atom stereocenters. The van der Waals surface area contributed by atoms with Gasteiger partial charge in [-0.3, -0.25) is 14.1 Å². The Labute approximate surface area is 241 Å². The van der Waals surface area contributed by atoms with Crippen molar-refractivity contribution in [3.05, 3.63) is 93.6 Å². The molecule has 1 aromatic carbocycles. The average molecular weight is 551 g/mol. The molecule has 40 heavy (non-hydrogen) atoms. The van der Waals surface area contributed by atoms with Gasteiger partial charge in [-0.25, -0.2) is 0 Å². The van der Waals surface area contributed by atoms with Crippen LogP contribution in [0.15, 0.2) is 71.8 Å². The SMILES string of the molecule is CC(C)C(=O)CCCCCCC(=O)COc1ccc(/C=C/c2ccc3n2[B][N+]2=C(c4cccs4)C=CC2=C3)cc1. The summed E-state index contributed by atoms with van der Waals surface area (Å²) in [4.78, 5) is 25.1. The summed E-state index contributed by atoms with van der Waals surface area (Å²) in [5, 5.41) is 2.11. The van der Waals surface area contributed by atoms with Gasteiger partial charge in [-0.15, -0.1) is 11.3 Å². The minimum Gasteiger partial charge on any atom is -0.486 e. The van der Waals surface area contributed by atoms with Gasteiger partial charge in [0.1, 0.15) is 18.1 Å². The number of aromatic nitrogens is 1. The molecule has 0 fully saturated rings. The van der Waals surface area contributed by atoms with Gasteiger partial charge in [0.2, 0.25) is 0 Å². The molecular formula is C33H35BN2O3S+. The van der Waals surface area contributed by atoms with Crippen LogP contribution in [0.1, 0.15) is 74.2 Å². The average Bonchev–Trinajstić information content (AvgIpc) is 3.72. The normalized spacial score (nSPS) is 13.9. The number of nitrogens with zero attached hydrogens (tertiary/aromatic N) is 2. The molecule has 3 aromatic rings. The van der Waals surface area contributed by atoms with Crippen molar-refractivity contribution in [1.29, 1.82) is 0 Å². The summed E-state index contributed by atoms with van der Waals surface area (Å²) in [5.41, 5.74) is 5.68. The van der Waals surface area contributed by atoms with Crippen molar-refractivity contribution >= 4 is 54.4 Å². The predicted molar refractivity (Wildman–Crippen MR) is 165 cm³/mol. The van der Waals surface area contributed by atoms with Gasteiger partial charge in [0.25, 0.3) is 0 Å². The Balaban J connectivity index is 1.09. The van der Waals surface area contributed by atoms with Crippen LogP contribution in [0, 0.1) is 5.92 Å². The van der Waals surface area contributed by atoms with E-state index in [1.54, 1.807) is 11.3 Å². The van der Waals surface area contributed by atoms with Crippen LogP contribution in [0.25, 0.3) is 18.2 Å². The maximum absolute atomic E-state index is 12.2. The van der Waals surface area contributed by atoms with Crippen molar-refractivity contribution in [2.45, 2.75) is 52.4 Å². The highest BCUT2D eigenvalue weighted by Crippen LogP contribution is 2.25. The van der Waals surface area contributed by atoms with Crippen LogP contribution in [0.4, 0.5) is 0 Å². The molecule has 0 unspecified atom stereocenters. The highest BCUT2D eigenvalue weighted by molar-refractivity contribution is 7.12. The second kappa shape index (κ2) is 13.1. The smallest absolute Gasteiger partial charge is 0.486 e. The second-order valence-corrected chi connectivity index (χ2v) is 11.5. The van der Waals surface area contributed by atoms with E-state index in [1.807, 2.05) is 38.1 Å². The Kier molecular flexibility index (Phi) is 9.12. The Morgan fingerprint density at radius 3 is 2.52 bits per heavy atom. The van der Waals surface area contributed by atoms with Gasteiger partial charge in [-0.1, -0.05) is 51.0 Å². The van der Waals surface area contributed by atoms with Gasteiger partial charge in [0.15, 0.2) is 17.2 Å². The van der Waals surface area contributed by atoms with E-state index in [0.717, 1.165) is 42.6 Å². The fourth-order valence-corrected chi connectivity index (χ4v) is 5.57. The molecule has 4 heterocycles. The molecule has 0 saturated carbocycles. The number of rotatable bonds is 14. The van der Waals surface area contributed by atoms with Crippen LogP contribution < -0.4 is 4.74 Å². The third kappa shape index (κ3) is 6.89. The molecule has 7 heteroatoms. The lowest BCUT2D eigenvalue weighted by Gasteiger charge is -2.11. The number of ether oxygens (including phenoxy) is 1. The standard InChI is InChI=1S/C33H35BN2O3S/c1-24(2)32(38)9-6-4-3-5-8-29(37)23-39-30-18-12-25(13-19-30)11-14-26-15-16-27-22-28-17-20-31(33-10-7-21-40-33)36(28)34-35(26)27/h7,10-22,24H,3-6,8-9,23H2,1-2H3/q+1/b14-11+. The largest absolute Gasteiger partial charge is 0.700 e. The van der Waals surface area contributed by atoms with Crippen molar-refractivity contribution in [2.75, 3.05) is 6.61 Å². The van der Waals surface area contributed by atoms with Crippen LogP contribution in [0.5, 0.6) is 5.75 Å². The number of unbranched alkanes of at least 4 members (excludes halogenated alkanes) is 3. The minimum atomic E-state index is 0.0957. The van der Waals surface area contributed by atoms with Crippen molar-refractivity contribution in [3.8, 4) is 5.75 Å². The maximum Gasteiger partial charge on any atom is 0.700 e. The summed E-state index contributed by atoms with van der Waals surface area (Å²) in [6.07, 6.45) is 15.6. The summed E-state index contributed by atoms with van der Waals surface area (Å²) < 4.78 is 10.2. The van der Waals surface area contributed by atoms with Crippen molar-refractivity contribution < 1.29 is 18.8 Å². The third-order valence-electron chi connectivity index (χ3n) is 7.23. The van der Waals surface area contributed by atoms with Crippen LogP contribution in [0.3, 0.4) is 0 Å². The van der Waals surface area contributed by atoms with Gasteiger partial charge in [-0.05, 0) is 60.2 Å². The molecule has 0 bridgehead atoms. The first-order valence-electron chi connectivity index (χ1n) is 14.1. The molecule has 0 spiro atoms. The number of carbonyl (C=O) groups excluding carboxylic acids is 2. The van der Waals surface area contributed by atoms with E-state index >= 15 is 0 Å². The Hall–Kier alpha value is -3.71. The summed E-state index contributed by atoms with van der Waals surface area (Å²) >= 11 is 1.75. The fourth-order valence-electron chi connectivity index (χ4n) is 4.83. The van der Waals surface area contributed by atoms with Gasteiger partial charge in [0, 0.05) is 48.4 Å². The summed E-state index contributed by atoms with van der Waals surface area (Å²) in [7, 11) is 2.15. The molecular weight excluding hydrogens is 515 g/mol. The third-order valence-corrected chi connectivity index (χ3v) is 8.12. The quantitative estimate of drug-likeness (QED) is 0.160. The number of thiophene rings is 1. The number of allylic oxidation sites excluding steroid dienone is 2. The number of ketones is 2. The molecule has 0 saturated heterocycles. The Bertz CT molecular complexity index is 1470.